The van der Waals surface area contributed by atoms with Crippen molar-refractivity contribution in [1.29, 1.82) is 0 Å². The van der Waals surface area contributed by atoms with Crippen molar-refractivity contribution in [2.45, 2.75) is 34.6 Å². The van der Waals surface area contributed by atoms with Gasteiger partial charge in [-0.1, -0.05) is 19.9 Å². The Bertz CT molecular complexity index is 1040. The molecule has 2 heterocycles. The number of benzene rings is 1. The molecule has 162 valence electrons. The zero-order chi connectivity index (χ0) is 22.4. The monoisotopic (exact) mass is 430 g/mol. The Morgan fingerprint density at radius 2 is 1.73 bits per heavy atom. The van der Waals surface area contributed by atoms with Crippen LogP contribution in [0.5, 0.6) is 11.5 Å². The molecular formula is C23H30N2O4S. The van der Waals surface area contributed by atoms with E-state index in [4.69, 9.17) is 9.47 Å². The normalized spacial score (nSPS) is 10.5. The summed E-state index contributed by atoms with van der Waals surface area (Å²) in [6, 6.07) is 5.45. The Morgan fingerprint density at radius 1 is 1.10 bits per heavy atom. The van der Waals surface area contributed by atoms with Crippen molar-refractivity contribution < 1.29 is 19.4 Å². The van der Waals surface area contributed by atoms with Crippen LogP contribution in [0.25, 0.3) is 21.3 Å². The Hall–Kier alpha value is -2.64. The van der Waals surface area contributed by atoms with E-state index in [-0.39, 0.29) is 5.56 Å². The number of ether oxygens (including phenoxy) is 2. The predicted octanol–water partition coefficient (Wildman–Crippen LogP) is 5.22. The zero-order valence-electron chi connectivity index (χ0n) is 18.7. The molecule has 30 heavy (non-hydrogen) atoms. The first-order valence-electron chi connectivity index (χ1n) is 9.87. The van der Waals surface area contributed by atoms with Crippen LogP contribution in [-0.4, -0.2) is 43.4 Å². The van der Waals surface area contributed by atoms with E-state index < -0.39 is 5.97 Å². The van der Waals surface area contributed by atoms with Crippen molar-refractivity contribution in [1.82, 2.24) is 10.3 Å². The van der Waals surface area contributed by atoms with Gasteiger partial charge in [-0.15, -0.1) is 11.3 Å². The van der Waals surface area contributed by atoms with Crippen molar-refractivity contribution in [3.8, 4) is 22.6 Å². The van der Waals surface area contributed by atoms with Crippen LogP contribution in [0.2, 0.25) is 0 Å². The summed E-state index contributed by atoms with van der Waals surface area (Å²) in [6.45, 7) is 12.1. The van der Waals surface area contributed by atoms with E-state index in [9.17, 15) is 9.90 Å². The molecule has 0 aliphatic heterocycles. The molecule has 1 aromatic carbocycles. The minimum absolute atomic E-state index is 0.223. The molecule has 0 amide bonds. The van der Waals surface area contributed by atoms with Crippen LogP contribution in [0.3, 0.4) is 0 Å². The van der Waals surface area contributed by atoms with E-state index in [0.717, 1.165) is 39.3 Å². The number of fused-ring (bicyclic) bond motifs is 1. The summed E-state index contributed by atoms with van der Waals surface area (Å²) in [5, 5.41) is 13.8. The van der Waals surface area contributed by atoms with E-state index in [1.54, 1.807) is 38.5 Å². The van der Waals surface area contributed by atoms with Crippen LogP contribution < -0.4 is 14.8 Å². The lowest BCUT2D eigenvalue weighted by Gasteiger charge is -2.14. The van der Waals surface area contributed by atoms with Gasteiger partial charge in [-0.25, -0.2) is 9.78 Å². The number of aromatic carboxylic acids is 1. The maximum atomic E-state index is 12.0. The van der Waals surface area contributed by atoms with E-state index >= 15 is 0 Å². The number of aromatic nitrogens is 1. The summed E-state index contributed by atoms with van der Waals surface area (Å²) in [4.78, 5) is 18.5. The Morgan fingerprint density at radius 3 is 2.23 bits per heavy atom. The highest BCUT2D eigenvalue weighted by molar-refractivity contribution is 7.18. The Labute approximate surface area is 181 Å². The highest BCUT2D eigenvalue weighted by atomic mass is 32.1. The van der Waals surface area contributed by atoms with Crippen LogP contribution in [0.4, 0.5) is 0 Å². The summed E-state index contributed by atoms with van der Waals surface area (Å²) in [5.41, 5.74) is 3.23. The zero-order valence-corrected chi connectivity index (χ0v) is 19.5. The molecule has 0 bridgehead atoms. The second-order valence-corrected chi connectivity index (χ2v) is 7.95. The largest absolute Gasteiger partial charge is 0.493 e. The van der Waals surface area contributed by atoms with Gasteiger partial charge in [0.25, 0.3) is 0 Å². The maximum absolute atomic E-state index is 12.0. The number of nitrogens with one attached hydrogen (secondary N) is 1. The van der Waals surface area contributed by atoms with Crippen molar-refractivity contribution in [2.75, 3.05) is 27.3 Å². The third-order valence-electron chi connectivity index (χ3n) is 4.88. The lowest BCUT2D eigenvalue weighted by Crippen LogP contribution is -2.09. The molecular weight excluding hydrogens is 400 g/mol. The number of rotatable bonds is 6. The smallest absolute Gasteiger partial charge is 0.338 e. The van der Waals surface area contributed by atoms with Gasteiger partial charge in [0.15, 0.2) is 11.5 Å². The standard InChI is InChI=1S/C19H19NO4S.C4H11N/c1-9-11(3)25-18-15(9)17(16(19(21)22)10(2)20-18)12-6-7-13(23-4)14(8-12)24-5;1-3-5-4-2/h6-8H,1-5H3,(H,21,22);5H,3-4H2,1-2H3. The number of hydrogen-bond acceptors (Lipinski definition) is 6. The first-order chi connectivity index (χ1) is 14.3. The Kier molecular flexibility index (Phi) is 8.20. The van der Waals surface area contributed by atoms with E-state index in [1.165, 1.54) is 0 Å². The molecule has 3 aromatic rings. The topological polar surface area (TPSA) is 80.7 Å². The maximum Gasteiger partial charge on any atom is 0.338 e. The molecule has 0 saturated heterocycles. The molecule has 2 N–H and O–H groups in total. The van der Waals surface area contributed by atoms with Gasteiger partial charge < -0.3 is 19.9 Å². The van der Waals surface area contributed by atoms with Crippen molar-refractivity contribution in [2.24, 2.45) is 0 Å². The molecule has 0 aliphatic carbocycles. The van der Waals surface area contributed by atoms with Gasteiger partial charge in [-0.3, -0.25) is 0 Å². The summed E-state index contributed by atoms with van der Waals surface area (Å²) in [7, 11) is 3.13. The van der Waals surface area contributed by atoms with Gasteiger partial charge in [-0.2, -0.15) is 0 Å². The van der Waals surface area contributed by atoms with Crippen LogP contribution in [0, 0.1) is 20.8 Å². The van der Waals surface area contributed by atoms with Crippen molar-refractivity contribution in [3.05, 3.63) is 39.9 Å². The minimum atomic E-state index is -0.986. The quantitative estimate of drug-likeness (QED) is 0.558. The number of thiophene rings is 1. The van der Waals surface area contributed by atoms with Crippen molar-refractivity contribution in [3.63, 3.8) is 0 Å². The number of aryl methyl sites for hydroxylation is 3. The average Bonchev–Trinajstić information content (AvgIpc) is 3.00. The number of pyridine rings is 1. The molecule has 3 rings (SSSR count). The van der Waals surface area contributed by atoms with Gasteiger partial charge in [0.05, 0.1) is 25.5 Å². The summed E-state index contributed by atoms with van der Waals surface area (Å²) >= 11 is 1.58. The number of carboxylic acids is 1. The second-order valence-electron chi connectivity index (χ2n) is 6.74. The third-order valence-corrected chi connectivity index (χ3v) is 5.98. The molecule has 0 unspecified atom stereocenters. The van der Waals surface area contributed by atoms with E-state index in [2.05, 4.69) is 24.1 Å². The first kappa shape index (κ1) is 23.6. The number of hydrogen-bond donors (Lipinski definition) is 2. The summed E-state index contributed by atoms with van der Waals surface area (Å²) < 4.78 is 10.7. The number of carboxylic acid groups (broad SMARTS) is 1. The molecule has 0 saturated carbocycles. The number of methoxy groups -OCH3 is 2. The van der Waals surface area contributed by atoms with Gasteiger partial charge in [0, 0.05) is 15.8 Å². The molecule has 7 heteroatoms. The molecule has 0 aliphatic rings. The van der Waals surface area contributed by atoms with Crippen LogP contribution >= 0.6 is 11.3 Å². The van der Waals surface area contributed by atoms with E-state index in [0.29, 0.717) is 22.8 Å². The van der Waals surface area contributed by atoms with E-state index in [1.807, 2.05) is 26.0 Å². The SMILES string of the molecule is CCNCC.COc1ccc(-c2c(C(=O)O)c(C)nc3sc(C)c(C)c23)cc1OC. The van der Waals surface area contributed by atoms with Gasteiger partial charge >= 0.3 is 5.97 Å². The second kappa shape index (κ2) is 10.4. The van der Waals surface area contributed by atoms with Crippen LogP contribution in [0.15, 0.2) is 18.2 Å². The summed E-state index contributed by atoms with van der Waals surface area (Å²) in [6.07, 6.45) is 0. The highest BCUT2D eigenvalue weighted by Crippen LogP contribution is 2.42. The summed E-state index contributed by atoms with van der Waals surface area (Å²) in [5.74, 6) is 0.173. The molecule has 0 spiro atoms. The molecule has 6 nitrogen and oxygen atoms in total. The van der Waals surface area contributed by atoms with Crippen LogP contribution in [-0.2, 0) is 0 Å². The lowest BCUT2D eigenvalue weighted by atomic mass is 9.94. The molecule has 0 radical (unpaired) electrons. The highest BCUT2D eigenvalue weighted by Gasteiger charge is 2.23. The number of nitrogens with zero attached hydrogens (tertiary/aromatic N) is 1. The molecule has 2 aromatic heterocycles. The fraction of sp³-hybridized carbons (Fsp3) is 0.391. The van der Waals surface area contributed by atoms with Gasteiger partial charge in [0.1, 0.15) is 4.83 Å². The lowest BCUT2D eigenvalue weighted by molar-refractivity contribution is 0.0696. The van der Waals surface area contributed by atoms with Crippen molar-refractivity contribution >= 4 is 27.5 Å². The average molecular weight is 431 g/mol. The van der Waals surface area contributed by atoms with Crippen LogP contribution in [0.1, 0.15) is 40.3 Å². The minimum Gasteiger partial charge on any atom is -0.493 e. The Balaban J connectivity index is 0.000000575. The fourth-order valence-corrected chi connectivity index (χ4v) is 4.37. The molecule has 0 fully saturated rings. The third kappa shape index (κ3) is 4.74. The van der Waals surface area contributed by atoms with Gasteiger partial charge in [0.2, 0.25) is 0 Å². The first-order valence-corrected chi connectivity index (χ1v) is 10.7. The molecule has 0 atom stereocenters. The predicted molar refractivity (Wildman–Crippen MR) is 124 cm³/mol. The fourth-order valence-electron chi connectivity index (χ4n) is 3.29. The van der Waals surface area contributed by atoms with Gasteiger partial charge in [-0.05, 0) is 57.1 Å². The number of carbonyl (C=O) groups is 1.